The molecule has 1 aliphatic carbocycles. The third-order valence-electron chi connectivity index (χ3n) is 4.46. The van der Waals surface area contributed by atoms with Crippen molar-refractivity contribution in [1.29, 1.82) is 0 Å². The van der Waals surface area contributed by atoms with E-state index in [0.29, 0.717) is 5.41 Å². The maximum Gasteiger partial charge on any atom is 0.0100 e. The first kappa shape index (κ1) is 12.9. The Labute approximate surface area is 109 Å². The van der Waals surface area contributed by atoms with E-state index in [9.17, 15) is 0 Å². The van der Waals surface area contributed by atoms with Gasteiger partial charge in [-0.2, -0.15) is 0 Å². The van der Waals surface area contributed by atoms with E-state index in [0.717, 1.165) is 0 Å². The van der Waals surface area contributed by atoms with Gasteiger partial charge in [-0.1, -0.05) is 48.0 Å². The first-order chi connectivity index (χ1) is 7.85. The van der Waals surface area contributed by atoms with Crippen LogP contribution in [0.3, 0.4) is 0 Å². The van der Waals surface area contributed by atoms with Crippen LogP contribution >= 0.6 is 15.9 Å². The molecule has 1 saturated heterocycles. The summed E-state index contributed by atoms with van der Waals surface area (Å²) in [5, 5.41) is 1.22. The van der Waals surface area contributed by atoms with Crippen molar-refractivity contribution in [3.05, 3.63) is 0 Å². The lowest BCUT2D eigenvalue weighted by molar-refractivity contribution is 0.160. The Bertz CT molecular complexity index is 191. The summed E-state index contributed by atoms with van der Waals surface area (Å²) in [6, 6.07) is 0. The van der Waals surface area contributed by atoms with Crippen LogP contribution in [0.15, 0.2) is 0 Å². The topological polar surface area (TPSA) is 3.24 Å². The fraction of sp³-hybridized carbons (Fsp3) is 1.00. The van der Waals surface area contributed by atoms with Gasteiger partial charge in [0.25, 0.3) is 0 Å². The second-order valence-electron chi connectivity index (χ2n) is 5.88. The minimum absolute atomic E-state index is 0.624. The maximum absolute atomic E-state index is 3.77. The molecule has 1 saturated carbocycles. The summed E-state index contributed by atoms with van der Waals surface area (Å²) in [7, 11) is 0. The zero-order valence-electron chi connectivity index (χ0n) is 10.5. The largest absolute Gasteiger partial charge is 0.303 e. The van der Waals surface area contributed by atoms with E-state index in [1.54, 1.807) is 0 Å². The Morgan fingerprint density at radius 2 is 1.38 bits per heavy atom. The van der Waals surface area contributed by atoms with Gasteiger partial charge in [0.1, 0.15) is 0 Å². The van der Waals surface area contributed by atoms with Crippen molar-refractivity contribution in [3.8, 4) is 0 Å². The number of nitrogens with zero attached hydrogens (tertiary/aromatic N) is 1. The summed E-state index contributed by atoms with van der Waals surface area (Å²) in [5.41, 5.74) is 0.624. The quantitative estimate of drug-likeness (QED) is 0.703. The minimum atomic E-state index is 0.624. The Kier molecular flexibility index (Phi) is 5.15. The fourth-order valence-corrected chi connectivity index (χ4v) is 4.14. The SMILES string of the molecule is BrCC1(CN2CCCCCCC2)CCCC1. The second kappa shape index (κ2) is 6.39. The monoisotopic (exact) mass is 287 g/mol. The lowest BCUT2D eigenvalue weighted by Gasteiger charge is -2.35. The Morgan fingerprint density at radius 3 is 1.94 bits per heavy atom. The molecule has 2 aliphatic rings. The van der Waals surface area contributed by atoms with E-state index in [2.05, 4.69) is 20.8 Å². The van der Waals surface area contributed by atoms with Crippen LogP contribution in [0.2, 0.25) is 0 Å². The summed E-state index contributed by atoms with van der Waals surface area (Å²) in [4.78, 5) is 2.76. The van der Waals surface area contributed by atoms with E-state index in [1.165, 1.54) is 82.8 Å². The molecule has 2 fully saturated rings. The summed E-state index contributed by atoms with van der Waals surface area (Å²) in [6.07, 6.45) is 13.1. The van der Waals surface area contributed by atoms with Crippen LogP contribution in [-0.2, 0) is 0 Å². The third kappa shape index (κ3) is 3.46. The average molecular weight is 288 g/mol. The Morgan fingerprint density at radius 1 is 0.812 bits per heavy atom. The molecule has 0 radical (unpaired) electrons. The number of likely N-dealkylation sites (tertiary alicyclic amines) is 1. The van der Waals surface area contributed by atoms with Crippen LogP contribution in [0.5, 0.6) is 0 Å². The van der Waals surface area contributed by atoms with Gasteiger partial charge >= 0.3 is 0 Å². The molecule has 94 valence electrons. The van der Waals surface area contributed by atoms with Crippen LogP contribution in [-0.4, -0.2) is 29.9 Å². The Hall–Kier alpha value is 0.440. The number of hydrogen-bond acceptors (Lipinski definition) is 1. The molecule has 0 bridgehead atoms. The zero-order chi connectivity index (χ0) is 11.3. The van der Waals surface area contributed by atoms with Gasteiger partial charge in [-0.3, -0.25) is 0 Å². The summed E-state index contributed by atoms with van der Waals surface area (Å²) in [6.45, 7) is 4.07. The summed E-state index contributed by atoms with van der Waals surface area (Å²) < 4.78 is 0. The highest BCUT2D eigenvalue weighted by Gasteiger charge is 2.34. The van der Waals surface area contributed by atoms with Crippen molar-refractivity contribution >= 4 is 15.9 Å². The first-order valence-electron chi connectivity index (χ1n) is 7.13. The van der Waals surface area contributed by atoms with Crippen molar-refractivity contribution in [2.45, 2.75) is 57.8 Å². The van der Waals surface area contributed by atoms with Crippen molar-refractivity contribution in [3.63, 3.8) is 0 Å². The normalized spacial score (nSPS) is 27.6. The Balaban J connectivity index is 1.85. The number of halogens is 1. The second-order valence-corrected chi connectivity index (χ2v) is 6.45. The van der Waals surface area contributed by atoms with E-state index >= 15 is 0 Å². The number of hydrogen-bond donors (Lipinski definition) is 0. The van der Waals surface area contributed by atoms with E-state index in [-0.39, 0.29) is 0 Å². The highest BCUT2D eigenvalue weighted by atomic mass is 79.9. The smallest absolute Gasteiger partial charge is 0.0100 e. The van der Waals surface area contributed by atoms with Gasteiger partial charge in [-0.15, -0.1) is 0 Å². The molecule has 1 nitrogen and oxygen atoms in total. The maximum atomic E-state index is 3.77. The van der Waals surface area contributed by atoms with Crippen molar-refractivity contribution in [1.82, 2.24) is 4.90 Å². The molecule has 1 heterocycles. The summed E-state index contributed by atoms with van der Waals surface area (Å²) in [5.74, 6) is 0. The van der Waals surface area contributed by atoms with Crippen LogP contribution in [0.25, 0.3) is 0 Å². The molecule has 0 spiro atoms. The molecule has 0 amide bonds. The van der Waals surface area contributed by atoms with Gasteiger partial charge in [-0.05, 0) is 44.2 Å². The van der Waals surface area contributed by atoms with E-state index in [4.69, 9.17) is 0 Å². The van der Waals surface area contributed by atoms with Gasteiger partial charge in [-0.25, -0.2) is 0 Å². The molecule has 0 N–H and O–H groups in total. The highest BCUT2D eigenvalue weighted by molar-refractivity contribution is 9.09. The molecule has 16 heavy (non-hydrogen) atoms. The lowest BCUT2D eigenvalue weighted by atomic mass is 9.87. The molecule has 2 heteroatoms. The molecule has 1 aliphatic heterocycles. The van der Waals surface area contributed by atoms with Crippen LogP contribution in [0.1, 0.15) is 57.8 Å². The number of rotatable bonds is 3. The third-order valence-corrected chi connectivity index (χ3v) is 5.64. The molecule has 0 unspecified atom stereocenters. The zero-order valence-corrected chi connectivity index (χ0v) is 12.1. The van der Waals surface area contributed by atoms with E-state index in [1.807, 2.05) is 0 Å². The van der Waals surface area contributed by atoms with Crippen LogP contribution in [0, 0.1) is 5.41 Å². The van der Waals surface area contributed by atoms with Crippen molar-refractivity contribution in [2.75, 3.05) is 25.0 Å². The van der Waals surface area contributed by atoms with Gasteiger partial charge in [0, 0.05) is 11.9 Å². The van der Waals surface area contributed by atoms with Gasteiger partial charge in [0.15, 0.2) is 0 Å². The lowest BCUT2D eigenvalue weighted by Crippen LogP contribution is -2.39. The highest BCUT2D eigenvalue weighted by Crippen LogP contribution is 2.40. The molecule has 0 aromatic carbocycles. The first-order valence-corrected chi connectivity index (χ1v) is 8.25. The van der Waals surface area contributed by atoms with Crippen LogP contribution < -0.4 is 0 Å². The predicted octanol–water partition coefficient (Wildman–Crippen LogP) is 4.21. The number of alkyl halides is 1. The summed E-state index contributed by atoms with van der Waals surface area (Å²) >= 11 is 3.77. The van der Waals surface area contributed by atoms with Crippen molar-refractivity contribution in [2.24, 2.45) is 5.41 Å². The molecular weight excluding hydrogens is 262 g/mol. The van der Waals surface area contributed by atoms with Gasteiger partial charge < -0.3 is 4.90 Å². The van der Waals surface area contributed by atoms with Crippen molar-refractivity contribution < 1.29 is 0 Å². The molecule has 0 aromatic rings. The molecular formula is C14H26BrN. The predicted molar refractivity (Wildman–Crippen MR) is 74.2 cm³/mol. The average Bonchev–Trinajstić information content (AvgIpc) is 2.71. The van der Waals surface area contributed by atoms with Gasteiger partial charge in [0.05, 0.1) is 0 Å². The molecule has 0 atom stereocenters. The minimum Gasteiger partial charge on any atom is -0.303 e. The standard InChI is InChI=1S/C14H26BrN/c15-12-14(8-4-5-9-14)13-16-10-6-2-1-3-7-11-16/h1-13H2. The van der Waals surface area contributed by atoms with Gasteiger partial charge in [0.2, 0.25) is 0 Å². The van der Waals surface area contributed by atoms with E-state index < -0.39 is 0 Å². The molecule has 0 aromatic heterocycles. The molecule has 2 rings (SSSR count). The van der Waals surface area contributed by atoms with Crippen LogP contribution in [0.4, 0.5) is 0 Å². The fourth-order valence-electron chi connectivity index (χ4n) is 3.40.